The number of fused-ring (bicyclic) bond motifs is 1. The number of ether oxygens (including phenoxy) is 1. The Morgan fingerprint density at radius 1 is 1.47 bits per heavy atom. The van der Waals surface area contributed by atoms with Crippen molar-refractivity contribution in [3.05, 3.63) is 23.8 Å². The Kier molecular flexibility index (Phi) is 2.93. The Hall–Kier alpha value is -1.22. The van der Waals surface area contributed by atoms with E-state index in [0.717, 1.165) is 19.7 Å². The van der Waals surface area contributed by atoms with Gasteiger partial charge in [-0.2, -0.15) is 0 Å². The molecule has 1 saturated heterocycles. The van der Waals surface area contributed by atoms with Gasteiger partial charge in [0.2, 0.25) is 0 Å². The largest absolute Gasteiger partial charge is 0.382 e. The van der Waals surface area contributed by atoms with Crippen molar-refractivity contribution in [1.82, 2.24) is 0 Å². The summed E-state index contributed by atoms with van der Waals surface area (Å²) in [7, 11) is 2.16. The molecule has 0 radical (unpaired) electrons. The van der Waals surface area contributed by atoms with Crippen LogP contribution in [0.5, 0.6) is 0 Å². The van der Waals surface area contributed by atoms with E-state index in [0.29, 0.717) is 6.10 Å². The molecule has 1 N–H and O–H groups in total. The van der Waals surface area contributed by atoms with E-state index in [9.17, 15) is 0 Å². The Morgan fingerprint density at radius 3 is 3.24 bits per heavy atom. The van der Waals surface area contributed by atoms with Gasteiger partial charge in [0.15, 0.2) is 0 Å². The van der Waals surface area contributed by atoms with Gasteiger partial charge in [-0.1, -0.05) is 0 Å². The van der Waals surface area contributed by atoms with Crippen LogP contribution in [0.1, 0.15) is 18.4 Å². The van der Waals surface area contributed by atoms with Gasteiger partial charge in [-0.05, 0) is 43.0 Å². The molecule has 1 atom stereocenters. The fourth-order valence-corrected chi connectivity index (χ4v) is 2.71. The second kappa shape index (κ2) is 4.57. The number of likely N-dealkylation sites (N-methyl/N-ethyl adjacent to an activating group) is 1. The van der Waals surface area contributed by atoms with Gasteiger partial charge in [0.05, 0.1) is 6.10 Å². The highest BCUT2D eigenvalue weighted by atomic mass is 16.5. The molecule has 0 aromatic heterocycles. The maximum absolute atomic E-state index is 5.61. The fraction of sp³-hybridized carbons (Fsp3) is 0.571. The third-order valence-corrected chi connectivity index (χ3v) is 3.77. The molecule has 2 aliphatic heterocycles. The van der Waals surface area contributed by atoms with Gasteiger partial charge in [0, 0.05) is 38.1 Å². The molecule has 0 saturated carbocycles. The van der Waals surface area contributed by atoms with Crippen molar-refractivity contribution in [3.63, 3.8) is 0 Å². The minimum Gasteiger partial charge on any atom is -0.382 e. The summed E-state index contributed by atoms with van der Waals surface area (Å²) in [6, 6.07) is 6.68. The van der Waals surface area contributed by atoms with Gasteiger partial charge >= 0.3 is 0 Å². The highest BCUT2D eigenvalue weighted by molar-refractivity contribution is 5.63. The zero-order chi connectivity index (χ0) is 11.7. The zero-order valence-corrected chi connectivity index (χ0v) is 10.4. The number of benzene rings is 1. The molecule has 92 valence electrons. The van der Waals surface area contributed by atoms with Crippen LogP contribution in [0.25, 0.3) is 0 Å². The molecule has 1 unspecified atom stereocenters. The second-order valence-corrected chi connectivity index (χ2v) is 5.03. The summed E-state index contributed by atoms with van der Waals surface area (Å²) in [5.41, 5.74) is 4.08. The van der Waals surface area contributed by atoms with Gasteiger partial charge in [0.1, 0.15) is 0 Å². The molecule has 17 heavy (non-hydrogen) atoms. The first kappa shape index (κ1) is 10.9. The Balaban J connectivity index is 1.64. The first-order valence-electron chi connectivity index (χ1n) is 6.52. The summed E-state index contributed by atoms with van der Waals surface area (Å²) in [5, 5.41) is 3.49. The number of hydrogen-bond acceptors (Lipinski definition) is 3. The topological polar surface area (TPSA) is 24.5 Å². The zero-order valence-electron chi connectivity index (χ0n) is 10.4. The summed E-state index contributed by atoms with van der Waals surface area (Å²) < 4.78 is 5.61. The SMILES string of the molecule is CN1CCc2cc(NCC3CCCO3)ccc21. The van der Waals surface area contributed by atoms with Gasteiger partial charge in [-0.25, -0.2) is 0 Å². The van der Waals surface area contributed by atoms with Crippen molar-refractivity contribution in [2.45, 2.75) is 25.4 Å². The van der Waals surface area contributed by atoms with Crippen LogP contribution in [0, 0.1) is 0 Å². The van der Waals surface area contributed by atoms with E-state index >= 15 is 0 Å². The lowest BCUT2D eigenvalue weighted by molar-refractivity contribution is 0.120. The molecule has 3 heteroatoms. The number of nitrogens with zero attached hydrogens (tertiary/aromatic N) is 1. The standard InChI is InChI=1S/C14H20N2O/c1-16-7-6-11-9-12(4-5-14(11)16)15-10-13-3-2-8-17-13/h4-5,9,13,15H,2-3,6-8,10H2,1H3. The van der Waals surface area contributed by atoms with E-state index in [2.05, 4.69) is 35.5 Å². The molecular formula is C14H20N2O. The highest BCUT2D eigenvalue weighted by Gasteiger charge is 2.17. The highest BCUT2D eigenvalue weighted by Crippen LogP contribution is 2.29. The summed E-state index contributed by atoms with van der Waals surface area (Å²) in [5.74, 6) is 0. The number of rotatable bonds is 3. The molecular weight excluding hydrogens is 212 g/mol. The van der Waals surface area contributed by atoms with Crippen molar-refractivity contribution in [1.29, 1.82) is 0 Å². The van der Waals surface area contributed by atoms with Crippen LogP contribution in [-0.4, -0.2) is 32.8 Å². The third-order valence-electron chi connectivity index (χ3n) is 3.77. The summed E-state index contributed by atoms with van der Waals surface area (Å²) in [6.45, 7) is 3.01. The second-order valence-electron chi connectivity index (χ2n) is 5.03. The van der Waals surface area contributed by atoms with Crippen LogP contribution in [0.15, 0.2) is 18.2 Å². The lowest BCUT2D eigenvalue weighted by Crippen LogP contribution is -2.18. The average Bonchev–Trinajstić information content (AvgIpc) is 2.97. The lowest BCUT2D eigenvalue weighted by Gasteiger charge is -2.14. The van der Waals surface area contributed by atoms with E-state index < -0.39 is 0 Å². The van der Waals surface area contributed by atoms with E-state index in [1.165, 1.54) is 36.2 Å². The van der Waals surface area contributed by atoms with Gasteiger partial charge in [-0.3, -0.25) is 0 Å². The molecule has 1 fully saturated rings. The van der Waals surface area contributed by atoms with Crippen LogP contribution in [0.3, 0.4) is 0 Å². The van der Waals surface area contributed by atoms with Crippen LogP contribution in [0.4, 0.5) is 11.4 Å². The predicted octanol–water partition coefficient (Wildman–Crippen LogP) is 2.27. The molecule has 0 aliphatic carbocycles. The first-order valence-corrected chi connectivity index (χ1v) is 6.52. The van der Waals surface area contributed by atoms with Crippen LogP contribution < -0.4 is 10.2 Å². The quantitative estimate of drug-likeness (QED) is 0.865. The fourth-order valence-electron chi connectivity index (χ4n) is 2.71. The maximum Gasteiger partial charge on any atom is 0.0748 e. The molecule has 0 spiro atoms. The van der Waals surface area contributed by atoms with Gasteiger partial charge in [0.25, 0.3) is 0 Å². The normalized spacial score (nSPS) is 22.9. The number of anilines is 2. The predicted molar refractivity (Wildman–Crippen MR) is 70.9 cm³/mol. The first-order chi connectivity index (χ1) is 8.33. The molecule has 0 amide bonds. The molecule has 0 bridgehead atoms. The van der Waals surface area contributed by atoms with Gasteiger partial charge < -0.3 is 15.0 Å². The molecule has 3 nitrogen and oxygen atoms in total. The summed E-state index contributed by atoms with van der Waals surface area (Å²) in [6.07, 6.45) is 3.98. The monoisotopic (exact) mass is 232 g/mol. The van der Waals surface area contributed by atoms with Crippen LogP contribution in [-0.2, 0) is 11.2 Å². The number of hydrogen-bond donors (Lipinski definition) is 1. The minimum absolute atomic E-state index is 0.408. The lowest BCUT2D eigenvalue weighted by atomic mass is 10.1. The average molecular weight is 232 g/mol. The molecule has 2 heterocycles. The smallest absolute Gasteiger partial charge is 0.0748 e. The summed E-state index contributed by atoms with van der Waals surface area (Å²) in [4.78, 5) is 2.32. The Labute approximate surface area is 103 Å². The van der Waals surface area contributed by atoms with E-state index in [4.69, 9.17) is 4.74 Å². The third kappa shape index (κ3) is 2.25. The van der Waals surface area contributed by atoms with Crippen LogP contribution >= 0.6 is 0 Å². The molecule has 3 rings (SSSR count). The maximum atomic E-state index is 5.61. The van der Waals surface area contributed by atoms with E-state index in [1.54, 1.807) is 0 Å². The van der Waals surface area contributed by atoms with Crippen molar-refractivity contribution < 1.29 is 4.74 Å². The van der Waals surface area contributed by atoms with Crippen molar-refractivity contribution in [2.24, 2.45) is 0 Å². The van der Waals surface area contributed by atoms with E-state index in [-0.39, 0.29) is 0 Å². The Bertz CT molecular complexity index is 399. The van der Waals surface area contributed by atoms with Crippen molar-refractivity contribution in [3.8, 4) is 0 Å². The number of nitrogens with one attached hydrogen (secondary N) is 1. The molecule has 1 aromatic rings. The van der Waals surface area contributed by atoms with Crippen LogP contribution in [0.2, 0.25) is 0 Å². The van der Waals surface area contributed by atoms with Gasteiger partial charge in [-0.15, -0.1) is 0 Å². The van der Waals surface area contributed by atoms with E-state index in [1.807, 2.05) is 0 Å². The summed E-state index contributed by atoms with van der Waals surface area (Å²) >= 11 is 0. The minimum atomic E-state index is 0.408. The molecule has 2 aliphatic rings. The van der Waals surface area contributed by atoms with Crippen molar-refractivity contribution in [2.75, 3.05) is 37.0 Å². The molecule has 1 aromatic carbocycles. The van der Waals surface area contributed by atoms with Crippen molar-refractivity contribution >= 4 is 11.4 Å². The Morgan fingerprint density at radius 2 is 2.41 bits per heavy atom.